The first-order chi connectivity index (χ1) is 0. The number of halogens is 3. The van der Waals surface area contributed by atoms with Gasteiger partial charge in [0.1, 0.15) is 0 Å². The first-order valence-electron chi connectivity index (χ1n) is 0. The summed E-state index contributed by atoms with van der Waals surface area (Å²) in [4.78, 5) is 0. The molecule has 0 saturated heterocycles. The van der Waals surface area contributed by atoms with Crippen molar-refractivity contribution >= 4 is 0 Å². The normalized spacial score (nSPS) is 0. The quantitative estimate of drug-likeness (QED) is 0.319. The van der Waals surface area contributed by atoms with Gasteiger partial charge in [0.2, 0.25) is 0 Å². The van der Waals surface area contributed by atoms with Gasteiger partial charge in [-0.25, -0.2) is 0 Å². The molecule has 0 aliphatic heterocycles. The Kier molecular flexibility index (Phi) is 3900. The van der Waals surface area contributed by atoms with Gasteiger partial charge >= 0.3 is 17.4 Å². The third-order valence-corrected chi connectivity index (χ3v) is 0. The fourth-order valence-electron chi connectivity index (χ4n) is 0. The molecule has 5 heteroatoms. The van der Waals surface area contributed by atoms with Gasteiger partial charge in [-0.2, -0.15) is 0 Å². The molecule has 38 valence electrons. The molecule has 0 rings (SSSR count). The zero-order valence-electron chi connectivity index (χ0n) is 1.84. The summed E-state index contributed by atoms with van der Waals surface area (Å²) in [5.74, 6) is 0. The van der Waals surface area contributed by atoms with Gasteiger partial charge in [0.15, 0.2) is 0 Å². The van der Waals surface area contributed by atoms with Gasteiger partial charge in [-0.3, -0.25) is 0 Å². The van der Waals surface area contributed by atoms with Gasteiger partial charge in [-0.05, 0) is 0 Å². The molecule has 0 spiro atoms. The predicted octanol–water partition coefficient (Wildman–Crippen LogP) is -8.99. The molecule has 0 fully saturated rings. The van der Waals surface area contributed by atoms with E-state index in [1.807, 2.05) is 0 Å². The van der Waals surface area contributed by atoms with E-state index in [1.54, 1.807) is 0 Å². The van der Waals surface area contributed by atoms with Crippen LogP contribution in [0.3, 0.4) is 0 Å². The maximum absolute atomic E-state index is 0. The predicted molar refractivity (Wildman–Crippen MR) is 0 cm³/mol. The Morgan fingerprint density at radius 2 is 0.600 bits per heavy atom. The van der Waals surface area contributed by atoms with Crippen molar-refractivity contribution in [2.75, 3.05) is 0 Å². The Bertz CT molecular complexity index is 6.85. The number of hydrogen-bond acceptors (Lipinski definition) is 0. The Morgan fingerprint density at radius 1 is 0.600 bits per heavy atom. The monoisotopic (exact) mass is 172 g/mol. The molecular weight excluding hydrogens is 173 g/mol. The van der Waals surface area contributed by atoms with Crippen molar-refractivity contribution in [3.05, 3.63) is 0 Å². The summed E-state index contributed by atoms with van der Waals surface area (Å²) in [5.41, 5.74) is 0. The van der Waals surface area contributed by atoms with E-state index < -0.39 is 0 Å². The van der Waals surface area contributed by atoms with Crippen molar-refractivity contribution in [2.45, 2.75) is 0 Å². The molecule has 0 aromatic carbocycles. The molecule has 0 bridgehead atoms. The third kappa shape index (κ3) is 55.2. The van der Waals surface area contributed by atoms with Crippen molar-refractivity contribution in [2.24, 2.45) is 0 Å². The summed E-state index contributed by atoms with van der Waals surface area (Å²) in [6.45, 7) is 0. The summed E-state index contributed by atoms with van der Waals surface area (Å²) in [6.07, 6.45) is 0. The molecule has 0 saturated carbocycles. The molecule has 0 aromatic heterocycles. The Balaban J connectivity index is 0. The summed E-state index contributed by atoms with van der Waals surface area (Å²) >= 11 is 0. The van der Waals surface area contributed by atoms with E-state index in [2.05, 4.69) is 0 Å². The maximum atomic E-state index is 0. The minimum atomic E-state index is 0. The molecule has 0 heterocycles. The Hall–Kier alpha value is 0.842. The molecule has 0 aromatic rings. The van der Waals surface area contributed by atoms with E-state index in [0.29, 0.717) is 0 Å². The summed E-state index contributed by atoms with van der Waals surface area (Å²) < 4.78 is 0. The van der Waals surface area contributed by atoms with Gasteiger partial charge < -0.3 is 14.1 Å². The molecule has 0 atom stereocenters. The average Bonchev–Trinajstić information content (AvgIpc) is 0. The van der Waals surface area contributed by atoms with Crippen LogP contribution >= 0.6 is 0 Å². The van der Waals surface area contributed by atoms with Crippen LogP contribution in [0.1, 0.15) is 0 Å². The van der Waals surface area contributed by atoms with Crippen LogP contribution < -0.4 is 14.1 Å². The molecule has 0 N–H and O–H groups in total. The van der Waals surface area contributed by atoms with Crippen LogP contribution in [0.15, 0.2) is 0 Å². The van der Waals surface area contributed by atoms with Crippen molar-refractivity contribution in [3.8, 4) is 0 Å². The van der Waals surface area contributed by atoms with E-state index in [4.69, 9.17) is 0 Å². The van der Waals surface area contributed by atoms with Crippen LogP contribution in [0.2, 0.25) is 0 Å². The fraction of sp³-hybridized carbons (Fsp3) is 0. The van der Waals surface area contributed by atoms with E-state index in [0.717, 1.165) is 0 Å². The standard InChI is InChI=1S/Cr.Cu.3FH/h;;3*1H/q+3;;;;/p-3. The topological polar surface area (TPSA) is 0 Å². The second-order valence-electron chi connectivity index (χ2n) is 0. The third-order valence-electron chi connectivity index (χ3n) is 0. The molecule has 0 nitrogen and oxygen atoms in total. The molecule has 5 heavy (non-hydrogen) atoms. The summed E-state index contributed by atoms with van der Waals surface area (Å²) in [6, 6.07) is 0. The van der Waals surface area contributed by atoms with Gasteiger partial charge in [0, 0.05) is 17.1 Å². The number of rotatable bonds is 0. The summed E-state index contributed by atoms with van der Waals surface area (Å²) in [7, 11) is 0. The molecule has 0 aliphatic rings. The van der Waals surface area contributed by atoms with E-state index in [-0.39, 0.29) is 48.5 Å². The first-order valence-corrected chi connectivity index (χ1v) is 0. The minimum absolute atomic E-state index is 0. The molecular formula is CrCuF3. The van der Waals surface area contributed by atoms with Crippen molar-refractivity contribution in [3.63, 3.8) is 0 Å². The molecule has 0 unspecified atom stereocenters. The molecule has 2 radical (unpaired) electrons. The SMILES string of the molecule is [Cr+3].[Cu].[F-].[F-].[F-]. The molecule has 0 aliphatic carbocycles. The second kappa shape index (κ2) is 101. The molecule has 0 amide bonds. The summed E-state index contributed by atoms with van der Waals surface area (Å²) in [5, 5.41) is 0. The Morgan fingerprint density at radius 3 is 0.600 bits per heavy atom. The van der Waals surface area contributed by atoms with Crippen LogP contribution in [-0.2, 0) is 34.4 Å². The van der Waals surface area contributed by atoms with E-state index in [9.17, 15) is 0 Å². The zero-order valence-corrected chi connectivity index (χ0v) is 4.06. The smallest absolute Gasteiger partial charge is 1.00 e. The van der Waals surface area contributed by atoms with Crippen molar-refractivity contribution in [1.29, 1.82) is 0 Å². The minimum Gasteiger partial charge on any atom is -1.00 e. The van der Waals surface area contributed by atoms with Crippen molar-refractivity contribution in [1.82, 2.24) is 0 Å². The average molecular weight is 173 g/mol. The largest absolute Gasteiger partial charge is 3.00 e. The van der Waals surface area contributed by atoms with Gasteiger partial charge in [-0.1, -0.05) is 0 Å². The second-order valence-corrected chi connectivity index (χ2v) is 0. The van der Waals surface area contributed by atoms with Gasteiger partial charge in [0.05, 0.1) is 0 Å². The number of hydrogen-bond donors (Lipinski definition) is 0. The van der Waals surface area contributed by atoms with Crippen LogP contribution in [-0.4, -0.2) is 0 Å². The van der Waals surface area contributed by atoms with Crippen molar-refractivity contribution < 1.29 is 48.5 Å². The van der Waals surface area contributed by atoms with Crippen LogP contribution in [0, 0.1) is 0 Å². The maximum Gasteiger partial charge on any atom is 3.00 e. The van der Waals surface area contributed by atoms with Crippen LogP contribution in [0.25, 0.3) is 0 Å². The fourth-order valence-corrected chi connectivity index (χ4v) is 0. The van der Waals surface area contributed by atoms with Gasteiger partial charge in [-0.15, -0.1) is 0 Å². The Labute approximate surface area is 49.0 Å². The van der Waals surface area contributed by atoms with Crippen LogP contribution in [0.5, 0.6) is 0 Å². The van der Waals surface area contributed by atoms with E-state index >= 15 is 0 Å². The first kappa shape index (κ1) is 193. The van der Waals surface area contributed by atoms with Crippen LogP contribution in [0.4, 0.5) is 0 Å². The van der Waals surface area contributed by atoms with Gasteiger partial charge in [0.25, 0.3) is 0 Å². The zero-order chi connectivity index (χ0) is 0. The van der Waals surface area contributed by atoms with E-state index in [1.165, 1.54) is 0 Å².